The fourth-order valence-electron chi connectivity index (χ4n) is 2.26. The van der Waals surface area contributed by atoms with Gasteiger partial charge in [0.15, 0.2) is 0 Å². The first-order valence-electron chi connectivity index (χ1n) is 6.67. The van der Waals surface area contributed by atoms with Crippen molar-refractivity contribution in [3.05, 3.63) is 71.4 Å². The van der Waals surface area contributed by atoms with Crippen LogP contribution in [-0.4, -0.2) is 10.5 Å². The van der Waals surface area contributed by atoms with E-state index in [1.165, 1.54) is 0 Å². The third kappa shape index (κ3) is 3.09. The lowest BCUT2D eigenvalue weighted by Crippen LogP contribution is -2.12. The van der Waals surface area contributed by atoms with Gasteiger partial charge in [-0.2, -0.15) is 0 Å². The average molecular weight is 300 g/mol. The standard InChI is InChI=1S/C17H14ClNO2/c18-15-10-19(16-9-5-4-8-14(15)16)11-17(20)21-12-13-6-2-1-3-7-13/h1-10H,11-12H2. The summed E-state index contributed by atoms with van der Waals surface area (Å²) in [5.41, 5.74) is 1.90. The molecule has 0 N–H and O–H groups in total. The smallest absolute Gasteiger partial charge is 0.326 e. The van der Waals surface area contributed by atoms with E-state index < -0.39 is 0 Å². The maximum absolute atomic E-state index is 12.0. The van der Waals surface area contributed by atoms with Crippen LogP contribution >= 0.6 is 11.6 Å². The van der Waals surface area contributed by atoms with Crippen molar-refractivity contribution in [1.29, 1.82) is 0 Å². The SMILES string of the molecule is O=C(Cn1cc(Cl)c2ccccc21)OCc1ccccc1. The van der Waals surface area contributed by atoms with E-state index in [9.17, 15) is 4.79 Å². The van der Waals surface area contributed by atoms with E-state index in [0.29, 0.717) is 5.02 Å². The molecule has 0 unspecified atom stereocenters. The molecule has 0 bridgehead atoms. The second-order valence-corrected chi connectivity index (χ2v) is 5.18. The highest BCUT2D eigenvalue weighted by atomic mass is 35.5. The summed E-state index contributed by atoms with van der Waals surface area (Å²) < 4.78 is 7.10. The number of benzene rings is 2. The van der Waals surface area contributed by atoms with Crippen molar-refractivity contribution < 1.29 is 9.53 Å². The predicted octanol–water partition coefficient (Wildman–Crippen LogP) is 4.04. The van der Waals surface area contributed by atoms with Gasteiger partial charge in [-0.25, -0.2) is 0 Å². The van der Waals surface area contributed by atoms with Crippen molar-refractivity contribution in [2.24, 2.45) is 0 Å². The molecule has 106 valence electrons. The minimum absolute atomic E-state index is 0.153. The van der Waals surface area contributed by atoms with E-state index in [-0.39, 0.29) is 19.1 Å². The van der Waals surface area contributed by atoms with E-state index in [2.05, 4.69) is 0 Å². The number of carbonyl (C=O) groups excluding carboxylic acids is 1. The number of para-hydroxylation sites is 1. The van der Waals surface area contributed by atoms with Crippen LogP contribution in [0.15, 0.2) is 60.8 Å². The summed E-state index contributed by atoms with van der Waals surface area (Å²) in [4.78, 5) is 12.0. The van der Waals surface area contributed by atoms with E-state index in [1.807, 2.05) is 59.2 Å². The van der Waals surface area contributed by atoms with Crippen LogP contribution in [0.4, 0.5) is 0 Å². The fourth-order valence-corrected chi connectivity index (χ4v) is 2.53. The van der Waals surface area contributed by atoms with Gasteiger partial charge in [-0.1, -0.05) is 60.1 Å². The van der Waals surface area contributed by atoms with Crippen molar-refractivity contribution in [3.63, 3.8) is 0 Å². The number of hydrogen-bond acceptors (Lipinski definition) is 2. The summed E-state index contributed by atoms with van der Waals surface area (Å²) in [6.07, 6.45) is 1.76. The molecule has 0 aliphatic rings. The third-order valence-electron chi connectivity index (χ3n) is 3.28. The van der Waals surface area contributed by atoms with E-state index in [0.717, 1.165) is 16.5 Å². The van der Waals surface area contributed by atoms with Crippen molar-refractivity contribution in [3.8, 4) is 0 Å². The Bertz CT molecular complexity index is 765. The second kappa shape index (κ2) is 6.02. The molecule has 0 fully saturated rings. The number of ether oxygens (including phenoxy) is 1. The molecule has 21 heavy (non-hydrogen) atoms. The van der Waals surface area contributed by atoms with Gasteiger partial charge in [-0.3, -0.25) is 4.79 Å². The summed E-state index contributed by atoms with van der Waals surface area (Å²) >= 11 is 6.16. The minimum atomic E-state index is -0.281. The van der Waals surface area contributed by atoms with E-state index >= 15 is 0 Å². The Morgan fingerprint density at radius 3 is 2.57 bits per heavy atom. The molecule has 0 saturated carbocycles. The Kier molecular flexibility index (Phi) is 3.93. The number of fused-ring (bicyclic) bond motifs is 1. The lowest BCUT2D eigenvalue weighted by Gasteiger charge is -2.07. The highest BCUT2D eigenvalue weighted by molar-refractivity contribution is 6.35. The zero-order valence-corrected chi connectivity index (χ0v) is 12.1. The minimum Gasteiger partial charge on any atom is -0.459 e. The zero-order chi connectivity index (χ0) is 14.7. The molecule has 0 aliphatic heterocycles. The van der Waals surface area contributed by atoms with E-state index in [4.69, 9.17) is 16.3 Å². The highest BCUT2D eigenvalue weighted by Crippen LogP contribution is 2.25. The topological polar surface area (TPSA) is 31.2 Å². The predicted molar refractivity (Wildman–Crippen MR) is 83.2 cm³/mol. The number of esters is 1. The van der Waals surface area contributed by atoms with Crippen LogP contribution < -0.4 is 0 Å². The molecular weight excluding hydrogens is 286 g/mol. The molecule has 3 aromatic rings. The first kappa shape index (κ1) is 13.7. The molecule has 0 saturated heterocycles. The molecule has 0 amide bonds. The van der Waals surface area contributed by atoms with Gasteiger partial charge in [0, 0.05) is 11.6 Å². The number of aromatic nitrogens is 1. The molecule has 1 aromatic heterocycles. The number of nitrogens with zero attached hydrogens (tertiary/aromatic N) is 1. The normalized spacial score (nSPS) is 10.7. The van der Waals surface area contributed by atoms with Gasteiger partial charge >= 0.3 is 5.97 Å². The number of hydrogen-bond donors (Lipinski definition) is 0. The van der Waals surface area contributed by atoms with Crippen LogP contribution in [0.3, 0.4) is 0 Å². The fraction of sp³-hybridized carbons (Fsp3) is 0.118. The molecular formula is C17H14ClNO2. The number of carbonyl (C=O) groups is 1. The molecule has 0 spiro atoms. The van der Waals surface area contributed by atoms with Crippen molar-refractivity contribution in [1.82, 2.24) is 4.57 Å². The molecule has 2 aromatic carbocycles. The maximum atomic E-state index is 12.0. The van der Waals surface area contributed by atoms with Gasteiger partial charge in [0.25, 0.3) is 0 Å². The van der Waals surface area contributed by atoms with Gasteiger partial charge in [0.1, 0.15) is 13.2 Å². The Labute approximate surface area is 127 Å². The van der Waals surface area contributed by atoms with Gasteiger partial charge in [0.2, 0.25) is 0 Å². The first-order valence-corrected chi connectivity index (χ1v) is 7.05. The molecule has 4 heteroatoms. The number of halogens is 1. The molecule has 0 atom stereocenters. The summed E-state index contributed by atoms with van der Waals surface area (Å²) in [6.45, 7) is 0.437. The lowest BCUT2D eigenvalue weighted by atomic mass is 10.2. The molecule has 0 radical (unpaired) electrons. The van der Waals surface area contributed by atoms with Crippen LogP contribution in [-0.2, 0) is 22.7 Å². The zero-order valence-electron chi connectivity index (χ0n) is 11.3. The van der Waals surface area contributed by atoms with Gasteiger partial charge in [-0.15, -0.1) is 0 Å². The summed E-state index contributed by atoms with van der Waals surface area (Å²) in [6, 6.07) is 17.3. The lowest BCUT2D eigenvalue weighted by molar-refractivity contribution is -0.145. The quantitative estimate of drug-likeness (QED) is 0.681. The van der Waals surface area contributed by atoms with E-state index in [1.54, 1.807) is 6.20 Å². The Hall–Kier alpha value is -2.26. The maximum Gasteiger partial charge on any atom is 0.326 e. The van der Waals surface area contributed by atoms with Gasteiger partial charge in [0.05, 0.1) is 10.5 Å². The van der Waals surface area contributed by atoms with Crippen LogP contribution in [0.1, 0.15) is 5.56 Å². The van der Waals surface area contributed by atoms with Crippen LogP contribution in [0.5, 0.6) is 0 Å². The Morgan fingerprint density at radius 2 is 1.76 bits per heavy atom. The molecule has 1 heterocycles. The first-order chi connectivity index (χ1) is 10.2. The summed E-state index contributed by atoms with van der Waals surface area (Å²) in [5.74, 6) is -0.281. The third-order valence-corrected chi connectivity index (χ3v) is 3.58. The van der Waals surface area contributed by atoms with Crippen molar-refractivity contribution >= 4 is 28.5 Å². The van der Waals surface area contributed by atoms with Crippen molar-refractivity contribution in [2.75, 3.05) is 0 Å². The largest absolute Gasteiger partial charge is 0.459 e. The Balaban J connectivity index is 1.69. The Morgan fingerprint density at radius 1 is 1.05 bits per heavy atom. The van der Waals surface area contributed by atoms with Gasteiger partial charge in [-0.05, 0) is 11.6 Å². The van der Waals surface area contributed by atoms with Crippen LogP contribution in [0.25, 0.3) is 10.9 Å². The molecule has 3 nitrogen and oxygen atoms in total. The van der Waals surface area contributed by atoms with Crippen molar-refractivity contribution in [2.45, 2.75) is 13.2 Å². The average Bonchev–Trinajstić information content (AvgIpc) is 2.83. The molecule has 3 rings (SSSR count). The monoisotopic (exact) mass is 299 g/mol. The van der Waals surface area contributed by atoms with Gasteiger partial charge < -0.3 is 9.30 Å². The molecule has 0 aliphatic carbocycles. The highest BCUT2D eigenvalue weighted by Gasteiger charge is 2.10. The van der Waals surface area contributed by atoms with Crippen LogP contribution in [0.2, 0.25) is 5.02 Å². The van der Waals surface area contributed by atoms with Crippen LogP contribution in [0, 0.1) is 0 Å². The number of rotatable bonds is 4. The summed E-state index contributed by atoms with van der Waals surface area (Å²) in [5, 5.41) is 1.58. The second-order valence-electron chi connectivity index (χ2n) is 4.77. The summed E-state index contributed by atoms with van der Waals surface area (Å²) in [7, 11) is 0.